The van der Waals surface area contributed by atoms with Crippen molar-refractivity contribution >= 4 is 21.4 Å². The number of pyridine rings is 1. The molecule has 0 aliphatic heterocycles. The highest BCUT2D eigenvalue weighted by molar-refractivity contribution is 7.90. The molecule has 1 amide bonds. The molecule has 0 atom stereocenters. The summed E-state index contributed by atoms with van der Waals surface area (Å²) in [5.74, 6) is -0.287. The molecular formula is C18H18N4O4S. The molecule has 0 aliphatic rings. The van der Waals surface area contributed by atoms with E-state index < -0.39 is 9.84 Å². The van der Waals surface area contributed by atoms with E-state index in [4.69, 9.17) is 4.52 Å². The minimum absolute atomic E-state index is 0.0696. The molecule has 0 saturated heterocycles. The van der Waals surface area contributed by atoms with Gasteiger partial charge < -0.3 is 9.84 Å². The number of nitrogens with one attached hydrogen (secondary N) is 1. The monoisotopic (exact) mass is 386 g/mol. The van der Waals surface area contributed by atoms with Gasteiger partial charge in [-0.15, -0.1) is 0 Å². The number of nitrogens with zero attached hydrogens (tertiary/aromatic N) is 3. The van der Waals surface area contributed by atoms with Crippen molar-refractivity contribution in [2.75, 3.05) is 5.32 Å². The molecule has 0 saturated carbocycles. The minimum atomic E-state index is -3.56. The van der Waals surface area contributed by atoms with E-state index in [9.17, 15) is 13.2 Å². The van der Waals surface area contributed by atoms with Crippen molar-refractivity contribution < 1.29 is 17.7 Å². The number of anilines is 1. The van der Waals surface area contributed by atoms with Gasteiger partial charge in [-0.2, -0.15) is 4.98 Å². The molecule has 0 radical (unpaired) electrons. The number of hydrogen-bond acceptors (Lipinski definition) is 7. The van der Waals surface area contributed by atoms with Gasteiger partial charge in [0.15, 0.2) is 15.7 Å². The molecule has 0 aliphatic carbocycles. The highest BCUT2D eigenvalue weighted by atomic mass is 32.2. The zero-order chi connectivity index (χ0) is 19.3. The van der Waals surface area contributed by atoms with E-state index in [2.05, 4.69) is 20.4 Å². The number of rotatable bonds is 7. The molecular weight excluding hydrogens is 368 g/mol. The van der Waals surface area contributed by atoms with Crippen LogP contribution in [-0.2, 0) is 26.8 Å². The van der Waals surface area contributed by atoms with Crippen molar-refractivity contribution in [3.63, 3.8) is 0 Å². The van der Waals surface area contributed by atoms with E-state index >= 15 is 0 Å². The van der Waals surface area contributed by atoms with Crippen LogP contribution in [0.3, 0.4) is 0 Å². The van der Waals surface area contributed by atoms with Crippen LogP contribution in [0.2, 0.25) is 0 Å². The summed E-state index contributed by atoms with van der Waals surface area (Å²) in [6, 6.07) is 9.92. The van der Waals surface area contributed by atoms with Crippen LogP contribution in [-0.4, -0.2) is 29.4 Å². The van der Waals surface area contributed by atoms with E-state index in [1.807, 2.05) is 6.92 Å². The molecule has 3 rings (SSSR count). The van der Waals surface area contributed by atoms with Crippen LogP contribution >= 0.6 is 0 Å². The second-order valence-electron chi connectivity index (χ2n) is 5.96. The Hall–Kier alpha value is -3.07. The summed E-state index contributed by atoms with van der Waals surface area (Å²) in [6.45, 7) is 1.88. The molecule has 9 heteroatoms. The van der Waals surface area contributed by atoms with E-state index in [0.717, 1.165) is 5.56 Å². The van der Waals surface area contributed by atoms with Gasteiger partial charge in [0.05, 0.1) is 4.90 Å². The minimum Gasteiger partial charge on any atom is -0.339 e. The quantitative estimate of drug-likeness (QED) is 0.662. The lowest BCUT2D eigenvalue weighted by Gasteiger charge is -2.02. The third-order valence-electron chi connectivity index (χ3n) is 3.74. The van der Waals surface area contributed by atoms with Gasteiger partial charge in [-0.05, 0) is 31.2 Å². The summed E-state index contributed by atoms with van der Waals surface area (Å²) in [4.78, 5) is 20.1. The van der Waals surface area contributed by atoms with Crippen molar-refractivity contribution in [3.8, 4) is 0 Å². The van der Waals surface area contributed by atoms with Gasteiger partial charge in [-0.25, -0.2) is 8.42 Å². The van der Waals surface area contributed by atoms with Crippen LogP contribution < -0.4 is 5.32 Å². The third-order valence-corrected chi connectivity index (χ3v) is 5.37. The normalized spacial score (nSPS) is 11.3. The van der Waals surface area contributed by atoms with E-state index in [0.29, 0.717) is 5.69 Å². The van der Waals surface area contributed by atoms with Gasteiger partial charge in [0, 0.05) is 30.9 Å². The Balaban J connectivity index is 1.56. The molecule has 0 bridgehead atoms. The third kappa shape index (κ3) is 5.20. The number of amides is 1. The molecule has 1 N–H and O–H groups in total. The van der Waals surface area contributed by atoms with Gasteiger partial charge in [0.1, 0.15) is 5.75 Å². The first-order chi connectivity index (χ1) is 12.9. The van der Waals surface area contributed by atoms with Crippen LogP contribution in [0.1, 0.15) is 23.7 Å². The van der Waals surface area contributed by atoms with Gasteiger partial charge in [-0.3, -0.25) is 9.78 Å². The second kappa shape index (κ2) is 8.09. The van der Waals surface area contributed by atoms with Crippen LogP contribution in [0.15, 0.2) is 58.2 Å². The standard InChI is InChI=1S/C18H18N4O4S/c1-13-2-4-15(5-3-13)27(24,25)12-16-21-18(26-22-16)7-6-17(23)20-14-8-10-19-11-9-14/h2-5,8-11H,6-7,12H2,1H3,(H,19,20,23). The first-order valence-electron chi connectivity index (χ1n) is 8.23. The Morgan fingerprint density at radius 1 is 1.11 bits per heavy atom. The van der Waals surface area contributed by atoms with Gasteiger partial charge in [-0.1, -0.05) is 22.9 Å². The van der Waals surface area contributed by atoms with Crippen LogP contribution in [0, 0.1) is 6.92 Å². The Bertz CT molecular complexity index is 1020. The molecule has 2 heterocycles. The number of benzene rings is 1. The smallest absolute Gasteiger partial charge is 0.227 e. The van der Waals surface area contributed by atoms with Crippen LogP contribution in [0.25, 0.3) is 0 Å². The molecule has 3 aromatic rings. The Morgan fingerprint density at radius 3 is 2.52 bits per heavy atom. The maximum Gasteiger partial charge on any atom is 0.227 e. The SMILES string of the molecule is Cc1ccc(S(=O)(=O)Cc2noc(CCC(=O)Nc3ccncc3)n2)cc1. The first kappa shape index (κ1) is 18.7. The first-order valence-corrected chi connectivity index (χ1v) is 9.88. The Kier molecular flexibility index (Phi) is 5.60. The Labute approximate surface area is 156 Å². The van der Waals surface area contributed by atoms with E-state index in [1.54, 1.807) is 48.8 Å². The van der Waals surface area contributed by atoms with Crippen molar-refractivity contribution in [3.05, 3.63) is 66.1 Å². The number of carbonyl (C=O) groups excluding carboxylic acids is 1. The zero-order valence-electron chi connectivity index (χ0n) is 14.6. The van der Waals surface area contributed by atoms with Crippen LogP contribution in [0.4, 0.5) is 5.69 Å². The fourth-order valence-corrected chi connectivity index (χ4v) is 3.50. The molecule has 140 valence electrons. The summed E-state index contributed by atoms with van der Waals surface area (Å²) in [5, 5.41) is 6.42. The molecule has 8 nitrogen and oxygen atoms in total. The second-order valence-corrected chi connectivity index (χ2v) is 7.95. The summed E-state index contributed by atoms with van der Waals surface area (Å²) < 4.78 is 29.9. The summed E-state index contributed by atoms with van der Waals surface area (Å²) in [5.41, 5.74) is 1.62. The van der Waals surface area contributed by atoms with Crippen molar-refractivity contribution in [2.45, 2.75) is 30.4 Å². The zero-order valence-corrected chi connectivity index (χ0v) is 15.4. The largest absolute Gasteiger partial charge is 0.339 e. The summed E-state index contributed by atoms with van der Waals surface area (Å²) in [7, 11) is -3.56. The van der Waals surface area contributed by atoms with Gasteiger partial charge in [0.25, 0.3) is 0 Å². The fraction of sp³-hybridized carbons (Fsp3) is 0.222. The Morgan fingerprint density at radius 2 is 1.81 bits per heavy atom. The lowest BCUT2D eigenvalue weighted by atomic mass is 10.2. The summed E-state index contributed by atoms with van der Waals surface area (Å²) in [6.07, 6.45) is 3.51. The van der Waals surface area contributed by atoms with Gasteiger partial charge in [0.2, 0.25) is 11.8 Å². The maximum atomic E-state index is 12.4. The van der Waals surface area contributed by atoms with Crippen molar-refractivity contribution in [1.82, 2.24) is 15.1 Å². The van der Waals surface area contributed by atoms with E-state index in [1.165, 1.54) is 0 Å². The average Bonchev–Trinajstić information content (AvgIpc) is 3.08. The summed E-state index contributed by atoms with van der Waals surface area (Å²) >= 11 is 0. The van der Waals surface area contributed by atoms with Crippen LogP contribution in [0.5, 0.6) is 0 Å². The fourth-order valence-electron chi connectivity index (χ4n) is 2.33. The predicted molar refractivity (Wildman–Crippen MR) is 97.6 cm³/mol. The molecule has 0 spiro atoms. The number of aryl methyl sites for hydroxylation is 2. The lowest BCUT2D eigenvalue weighted by molar-refractivity contribution is -0.116. The van der Waals surface area contributed by atoms with E-state index in [-0.39, 0.29) is 41.1 Å². The molecule has 2 aromatic heterocycles. The number of hydrogen-bond donors (Lipinski definition) is 1. The maximum absolute atomic E-state index is 12.4. The number of sulfone groups is 1. The van der Waals surface area contributed by atoms with Gasteiger partial charge >= 0.3 is 0 Å². The molecule has 27 heavy (non-hydrogen) atoms. The number of aromatic nitrogens is 3. The number of carbonyl (C=O) groups is 1. The highest BCUT2D eigenvalue weighted by Crippen LogP contribution is 2.16. The van der Waals surface area contributed by atoms with Crippen molar-refractivity contribution in [1.29, 1.82) is 0 Å². The average molecular weight is 386 g/mol. The highest BCUT2D eigenvalue weighted by Gasteiger charge is 2.19. The van der Waals surface area contributed by atoms with Crippen molar-refractivity contribution in [2.24, 2.45) is 0 Å². The lowest BCUT2D eigenvalue weighted by Crippen LogP contribution is -2.12. The molecule has 0 fully saturated rings. The molecule has 0 unspecified atom stereocenters. The molecule has 1 aromatic carbocycles. The predicted octanol–water partition coefficient (Wildman–Crippen LogP) is 2.32. The topological polar surface area (TPSA) is 115 Å².